The zero-order chi connectivity index (χ0) is 23.1. The van der Waals surface area contributed by atoms with E-state index in [1.165, 1.54) is 30.5 Å². The van der Waals surface area contributed by atoms with Crippen molar-refractivity contribution in [2.24, 2.45) is 5.10 Å². The first-order chi connectivity index (χ1) is 15.3. The van der Waals surface area contributed by atoms with Crippen LogP contribution in [-0.4, -0.2) is 31.4 Å². The lowest BCUT2D eigenvalue weighted by atomic mass is 10.2. The number of halogens is 3. The molecule has 0 aromatic heterocycles. The Morgan fingerprint density at radius 3 is 2.31 bits per heavy atom. The molecule has 0 heterocycles. The number of nitrogens with one attached hydrogen (secondary N) is 1. The Hall–Kier alpha value is -2.42. The smallest absolute Gasteiger partial charge is 0.255 e. The Balaban J connectivity index is 1.78. The number of carbonyl (C=O) groups excluding carboxylic acids is 1. The van der Waals surface area contributed by atoms with Crippen LogP contribution in [0.25, 0.3) is 0 Å². The van der Waals surface area contributed by atoms with Crippen molar-refractivity contribution in [2.45, 2.75) is 11.4 Å². The minimum Gasteiger partial charge on any atom is -0.272 e. The quantitative estimate of drug-likeness (QED) is 0.343. The van der Waals surface area contributed by atoms with Gasteiger partial charge in [-0.3, -0.25) is 4.79 Å². The summed E-state index contributed by atoms with van der Waals surface area (Å²) in [7, 11) is -3.98. The van der Waals surface area contributed by atoms with E-state index < -0.39 is 22.5 Å². The number of rotatable bonds is 8. The molecule has 0 spiro atoms. The van der Waals surface area contributed by atoms with Crippen LogP contribution in [0.4, 0.5) is 0 Å². The van der Waals surface area contributed by atoms with Crippen LogP contribution in [0.2, 0.25) is 15.1 Å². The van der Waals surface area contributed by atoms with E-state index in [0.717, 1.165) is 9.87 Å². The van der Waals surface area contributed by atoms with Crippen LogP contribution in [0.1, 0.15) is 11.1 Å². The molecule has 1 N–H and O–H groups in total. The van der Waals surface area contributed by atoms with Gasteiger partial charge in [-0.1, -0.05) is 77.3 Å². The summed E-state index contributed by atoms with van der Waals surface area (Å²) >= 11 is 17.9. The molecule has 32 heavy (non-hydrogen) atoms. The molecule has 0 saturated heterocycles. The van der Waals surface area contributed by atoms with Crippen LogP contribution < -0.4 is 5.43 Å². The van der Waals surface area contributed by atoms with Gasteiger partial charge in [0.1, 0.15) is 0 Å². The fourth-order valence-corrected chi connectivity index (χ4v) is 4.63. The third-order valence-corrected chi connectivity index (χ3v) is 7.24. The summed E-state index contributed by atoms with van der Waals surface area (Å²) < 4.78 is 27.5. The van der Waals surface area contributed by atoms with Crippen molar-refractivity contribution in [2.75, 3.05) is 6.54 Å². The first kappa shape index (κ1) is 24.2. The summed E-state index contributed by atoms with van der Waals surface area (Å²) in [6.45, 7) is -0.441. The van der Waals surface area contributed by atoms with Crippen LogP contribution in [0.5, 0.6) is 0 Å². The molecule has 6 nitrogen and oxygen atoms in total. The summed E-state index contributed by atoms with van der Waals surface area (Å²) in [5, 5.41) is 4.92. The second kappa shape index (κ2) is 10.9. The van der Waals surface area contributed by atoms with Crippen LogP contribution in [0.15, 0.2) is 82.8 Å². The van der Waals surface area contributed by atoms with Crippen molar-refractivity contribution in [3.8, 4) is 0 Å². The van der Waals surface area contributed by atoms with E-state index in [1.54, 1.807) is 42.5 Å². The van der Waals surface area contributed by atoms with Gasteiger partial charge in [0.2, 0.25) is 10.0 Å². The van der Waals surface area contributed by atoms with Gasteiger partial charge >= 0.3 is 0 Å². The molecule has 1 amide bonds. The number of hydrogen-bond donors (Lipinski definition) is 1. The van der Waals surface area contributed by atoms with Crippen LogP contribution >= 0.6 is 34.8 Å². The fourth-order valence-electron chi connectivity index (χ4n) is 2.76. The summed E-state index contributed by atoms with van der Waals surface area (Å²) in [4.78, 5) is 12.5. The van der Waals surface area contributed by atoms with Gasteiger partial charge in [-0.05, 0) is 35.9 Å². The zero-order valence-electron chi connectivity index (χ0n) is 16.6. The number of sulfonamides is 1. The molecular formula is C22H18Cl3N3O3S. The van der Waals surface area contributed by atoms with Crippen LogP contribution in [0.3, 0.4) is 0 Å². The molecule has 0 unspecified atom stereocenters. The van der Waals surface area contributed by atoms with E-state index in [0.29, 0.717) is 20.6 Å². The van der Waals surface area contributed by atoms with Gasteiger partial charge < -0.3 is 0 Å². The number of nitrogens with zero attached hydrogens (tertiary/aromatic N) is 2. The van der Waals surface area contributed by atoms with Crippen molar-refractivity contribution in [1.29, 1.82) is 0 Å². The lowest BCUT2D eigenvalue weighted by Crippen LogP contribution is -2.39. The molecule has 3 rings (SSSR count). The van der Waals surface area contributed by atoms with E-state index in [9.17, 15) is 13.2 Å². The van der Waals surface area contributed by atoms with E-state index in [4.69, 9.17) is 34.8 Å². The third kappa shape index (κ3) is 6.31. The van der Waals surface area contributed by atoms with Crippen molar-refractivity contribution in [3.63, 3.8) is 0 Å². The molecule has 3 aromatic carbocycles. The molecule has 0 radical (unpaired) electrons. The first-order valence-corrected chi connectivity index (χ1v) is 11.9. The van der Waals surface area contributed by atoms with E-state index in [2.05, 4.69) is 10.5 Å². The second-order valence-electron chi connectivity index (χ2n) is 6.65. The van der Waals surface area contributed by atoms with Gasteiger partial charge in [-0.25, -0.2) is 13.8 Å². The largest absolute Gasteiger partial charge is 0.272 e. The maximum absolute atomic E-state index is 13.2. The molecule has 0 atom stereocenters. The van der Waals surface area contributed by atoms with Gasteiger partial charge in [0, 0.05) is 17.1 Å². The maximum atomic E-state index is 13.2. The SMILES string of the molecule is O=C(CN(Cc1ccccc1)S(=O)(=O)c1ccc(Cl)cc1)N/N=C\c1cccc(Cl)c1Cl. The van der Waals surface area contributed by atoms with Crippen LogP contribution in [0, 0.1) is 0 Å². The Morgan fingerprint density at radius 1 is 0.938 bits per heavy atom. The zero-order valence-corrected chi connectivity index (χ0v) is 19.7. The summed E-state index contributed by atoms with van der Waals surface area (Å²) in [6, 6.07) is 19.7. The molecule has 3 aromatic rings. The highest BCUT2D eigenvalue weighted by Crippen LogP contribution is 2.24. The normalized spacial score (nSPS) is 11.8. The van der Waals surface area contributed by atoms with E-state index in [-0.39, 0.29) is 11.4 Å². The molecule has 0 saturated carbocycles. The Bertz CT molecular complexity index is 1220. The number of hydrogen-bond acceptors (Lipinski definition) is 4. The standard InChI is InChI=1S/C22H18Cl3N3O3S/c23-18-9-11-19(12-10-18)32(30,31)28(14-16-5-2-1-3-6-16)15-21(29)27-26-13-17-7-4-8-20(24)22(17)25/h1-13H,14-15H2,(H,27,29)/b26-13-. The highest BCUT2D eigenvalue weighted by atomic mass is 35.5. The minimum atomic E-state index is -3.98. The number of amides is 1. The van der Waals surface area contributed by atoms with E-state index >= 15 is 0 Å². The predicted molar refractivity (Wildman–Crippen MR) is 128 cm³/mol. The van der Waals surface area contributed by atoms with Crippen molar-refractivity contribution < 1.29 is 13.2 Å². The average Bonchev–Trinajstić information content (AvgIpc) is 2.77. The molecule has 166 valence electrons. The van der Waals surface area contributed by atoms with Gasteiger partial charge in [-0.2, -0.15) is 9.41 Å². The molecule has 10 heteroatoms. The lowest BCUT2D eigenvalue weighted by molar-refractivity contribution is -0.121. The summed E-state index contributed by atoms with van der Waals surface area (Å²) in [5.74, 6) is -0.618. The number of benzene rings is 3. The Labute approximate surface area is 201 Å². The molecule has 0 aliphatic rings. The topological polar surface area (TPSA) is 78.8 Å². The van der Waals surface area contributed by atoms with Crippen LogP contribution in [-0.2, 0) is 21.4 Å². The highest BCUT2D eigenvalue weighted by Gasteiger charge is 2.27. The monoisotopic (exact) mass is 509 g/mol. The van der Waals surface area contributed by atoms with Gasteiger partial charge in [0.05, 0.1) is 27.7 Å². The third-order valence-electron chi connectivity index (χ3n) is 4.35. The van der Waals surface area contributed by atoms with Gasteiger partial charge in [-0.15, -0.1) is 0 Å². The Kier molecular flexibility index (Phi) is 8.28. The summed E-state index contributed by atoms with van der Waals surface area (Å²) in [5.41, 5.74) is 3.57. The highest BCUT2D eigenvalue weighted by molar-refractivity contribution is 7.89. The summed E-state index contributed by atoms with van der Waals surface area (Å²) in [6.07, 6.45) is 1.33. The van der Waals surface area contributed by atoms with Gasteiger partial charge in [0.25, 0.3) is 5.91 Å². The molecule has 0 fully saturated rings. The minimum absolute atomic E-state index is 0.00303. The molecular weight excluding hydrogens is 493 g/mol. The first-order valence-electron chi connectivity index (χ1n) is 9.33. The van der Waals surface area contributed by atoms with Crippen molar-refractivity contribution in [1.82, 2.24) is 9.73 Å². The number of hydrazone groups is 1. The maximum Gasteiger partial charge on any atom is 0.255 e. The fraction of sp³-hybridized carbons (Fsp3) is 0.0909. The molecule has 0 bridgehead atoms. The van der Waals surface area contributed by atoms with Gasteiger partial charge in [0.15, 0.2) is 0 Å². The van der Waals surface area contributed by atoms with Crippen molar-refractivity contribution in [3.05, 3.63) is 99.0 Å². The van der Waals surface area contributed by atoms with E-state index in [1.807, 2.05) is 6.07 Å². The molecule has 0 aliphatic heterocycles. The number of carbonyl (C=O) groups is 1. The lowest BCUT2D eigenvalue weighted by Gasteiger charge is -2.21. The Morgan fingerprint density at radius 2 is 1.62 bits per heavy atom. The second-order valence-corrected chi connectivity index (χ2v) is 9.81. The average molecular weight is 511 g/mol. The molecule has 0 aliphatic carbocycles. The predicted octanol–water partition coefficient (Wildman–Crippen LogP) is 4.99. The van der Waals surface area contributed by atoms with Crippen molar-refractivity contribution >= 4 is 56.9 Å².